The minimum Gasteiger partial charge on any atom is -0.342 e. The van der Waals surface area contributed by atoms with Crippen LogP contribution in [0.5, 0.6) is 0 Å². The molecule has 3 rings (SSSR count). The Morgan fingerprint density at radius 1 is 1.11 bits per heavy atom. The number of benzene rings is 1. The number of hydrogen-bond donors (Lipinski definition) is 0. The van der Waals surface area contributed by atoms with Gasteiger partial charge >= 0.3 is 6.03 Å². The van der Waals surface area contributed by atoms with Gasteiger partial charge in [-0.2, -0.15) is 0 Å². The number of rotatable bonds is 6. The van der Waals surface area contributed by atoms with Crippen LogP contribution in [-0.2, 0) is 16.0 Å². The summed E-state index contributed by atoms with van der Waals surface area (Å²) in [6, 6.07) is 9.98. The lowest BCUT2D eigenvalue weighted by Crippen LogP contribution is -2.58. The van der Waals surface area contributed by atoms with E-state index in [0.29, 0.717) is 38.9 Å². The summed E-state index contributed by atoms with van der Waals surface area (Å²) in [5, 5.41) is 0. The van der Waals surface area contributed by atoms with Crippen LogP contribution < -0.4 is 0 Å². The van der Waals surface area contributed by atoms with E-state index >= 15 is 0 Å². The molecule has 0 unspecified atom stereocenters. The highest BCUT2D eigenvalue weighted by atomic mass is 16.2. The van der Waals surface area contributed by atoms with Gasteiger partial charge in [0.15, 0.2) is 0 Å². The summed E-state index contributed by atoms with van der Waals surface area (Å²) in [5.41, 5.74) is 0.479. The van der Waals surface area contributed by atoms with E-state index in [9.17, 15) is 14.4 Å². The summed E-state index contributed by atoms with van der Waals surface area (Å²) in [6.07, 6.45) is 3.29. The summed E-state index contributed by atoms with van der Waals surface area (Å²) in [5.74, 6) is 0.318. The number of imide groups is 1. The highest BCUT2D eigenvalue weighted by Crippen LogP contribution is 2.37. The molecule has 0 aliphatic carbocycles. The van der Waals surface area contributed by atoms with Crippen LogP contribution in [0.15, 0.2) is 30.3 Å². The number of urea groups is 1. The molecule has 0 aromatic heterocycles. The maximum Gasteiger partial charge on any atom is 0.327 e. The number of hydrogen-bond acceptors (Lipinski definition) is 3. The largest absolute Gasteiger partial charge is 0.342 e. The van der Waals surface area contributed by atoms with E-state index < -0.39 is 5.54 Å². The fourth-order valence-corrected chi connectivity index (χ4v) is 4.35. The first-order valence-corrected chi connectivity index (χ1v) is 10.3. The lowest BCUT2D eigenvalue weighted by molar-refractivity contribution is -0.140. The molecule has 1 aromatic rings. The maximum atomic E-state index is 12.8. The third-order valence-electron chi connectivity index (χ3n) is 5.93. The van der Waals surface area contributed by atoms with E-state index in [2.05, 4.69) is 26.0 Å². The minimum absolute atomic E-state index is 0.116. The van der Waals surface area contributed by atoms with Crippen LogP contribution in [-0.4, -0.2) is 64.8 Å². The van der Waals surface area contributed by atoms with Crippen molar-refractivity contribution in [2.45, 2.75) is 51.5 Å². The molecule has 2 aliphatic rings. The van der Waals surface area contributed by atoms with Crippen LogP contribution in [0, 0.1) is 5.92 Å². The highest BCUT2D eigenvalue weighted by Gasteiger charge is 2.57. The Balaban J connectivity index is 1.57. The van der Waals surface area contributed by atoms with E-state index in [0.717, 1.165) is 12.8 Å². The molecule has 0 atom stereocenters. The van der Waals surface area contributed by atoms with Gasteiger partial charge in [0.25, 0.3) is 5.91 Å². The quantitative estimate of drug-likeness (QED) is 0.708. The number of likely N-dealkylation sites (N-methyl/N-ethyl adjacent to an activating group) is 1. The minimum atomic E-state index is -0.767. The Kier molecular flexibility index (Phi) is 6.06. The van der Waals surface area contributed by atoms with E-state index in [4.69, 9.17) is 0 Å². The molecule has 28 heavy (non-hydrogen) atoms. The summed E-state index contributed by atoms with van der Waals surface area (Å²) in [6.45, 7) is 5.74. The van der Waals surface area contributed by atoms with Crippen molar-refractivity contribution >= 4 is 17.8 Å². The van der Waals surface area contributed by atoms with Gasteiger partial charge in [-0.05, 0) is 37.2 Å². The van der Waals surface area contributed by atoms with Crippen LogP contribution in [0.1, 0.15) is 45.1 Å². The molecule has 4 amide bonds. The molecule has 1 spiro atoms. The molecule has 2 fully saturated rings. The third-order valence-corrected chi connectivity index (χ3v) is 5.93. The van der Waals surface area contributed by atoms with Crippen molar-refractivity contribution in [3.05, 3.63) is 35.9 Å². The average Bonchev–Trinajstić information content (AvgIpc) is 2.85. The third kappa shape index (κ3) is 3.91. The molecule has 1 aromatic carbocycles. The number of carbonyl (C=O) groups is 3. The van der Waals surface area contributed by atoms with Gasteiger partial charge in [0.05, 0.1) is 0 Å². The van der Waals surface area contributed by atoms with Crippen LogP contribution >= 0.6 is 0 Å². The van der Waals surface area contributed by atoms with Crippen molar-refractivity contribution in [2.24, 2.45) is 5.92 Å². The first-order valence-electron chi connectivity index (χ1n) is 10.3. The Morgan fingerprint density at radius 2 is 1.75 bits per heavy atom. The van der Waals surface area contributed by atoms with Crippen LogP contribution in [0.4, 0.5) is 4.79 Å². The Hall–Kier alpha value is -2.37. The second-order valence-electron chi connectivity index (χ2n) is 8.40. The lowest BCUT2D eigenvalue weighted by atomic mass is 9.85. The smallest absolute Gasteiger partial charge is 0.327 e. The maximum absolute atomic E-state index is 12.8. The van der Waals surface area contributed by atoms with E-state index in [-0.39, 0.29) is 23.8 Å². The SMILES string of the molecule is CC(C)CN1C(=O)N(C)C(=O)C12CCN(C(=O)CCCc1ccccc1)CC2. The summed E-state index contributed by atoms with van der Waals surface area (Å²) in [4.78, 5) is 42.9. The van der Waals surface area contributed by atoms with Crippen molar-refractivity contribution in [2.75, 3.05) is 26.7 Å². The van der Waals surface area contributed by atoms with Crippen molar-refractivity contribution in [3.8, 4) is 0 Å². The van der Waals surface area contributed by atoms with Crippen LogP contribution in [0.3, 0.4) is 0 Å². The number of nitrogens with zero attached hydrogens (tertiary/aromatic N) is 3. The molecular weight excluding hydrogens is 354 g/mol. The highest BCUT2D eigenvalue weighted by molar-refractivity contribution is 6.07. The zero-order valence-corrected chi connectivity index (χ0v) is 17.2. The van der Waals surface area contributed by atoms with Crippen molar-refractivity contribution in [1.29, 1.82) is 0 Å². The average molecular weight is 386 g/mol. The van der Waals surface area contributed by atoms with Gasteiger partial charge in [0, 0.05) is 33.1 Å². The van der Waals surface area contributed by atoms with E-state index in [1.54, 1.807) is 11.9 Å². The van der Waals surface area contributed by atoms with Gasteiger partial charge in [-0.15, -0.1) is 0 Å². The molecule has 2 saturated heterocycles. The fourth-order valence-electron chi connectivity index (χ4n) is 4.35. The second-order valence-corrected chi connectivity index (χ2v) is 8.40. The molecule has 0 bridgehead atoms. The van der Waals surface area contributed by atoms with Gasteiger partial charge in [0.1, 0.15) is 5.54 Å². The molecule has 2 heterocycles. The van der Waals surface area contributed by atoms with Crippen LogP contribution in [0.25, 0.3) is 0 Å². The Bertz CT molecular complexity index is 724. The summed E-state index contributed by atoms with van der Waals surface area (Å²) in [7, 11) is 1.56. The lowest BCUT2D eigenvalue weighted by Gasteiger charge is -2.42. The standard InChI is InChI=1S/C22H31N3O3/c1-17(2)16-25-21(28)23(3)20(27)22(25)12-14-24(15-13-22)19(26)11-7-10-18-8-5-4-6-9-18/h4-6,8-9,17H,7,10-16H2,1-3H3. The topological polar surface area (TPSA) is 60.9 Å². The first kappa shape index (κ1) is 20.4. The molecular formula is C22H31N3O3. The number of carbonyl (C=O) groups excluding carboxylic acids is 3. The summed E-state index contributed by atoms with van der Waals surface area (Å²) >= 11 is 0. The molecule has 6 heteroatoms. The van der Waals surface area contributed by atoms with Gasteiger partial charge in [0.2, 0.25) is 5.91 Å². The van der Waals surface area contributed by atoms with Crippen molar-refractivity contribution in [1.82, 2.24) is 14.7 Å². The van der Waals surface area contributed by atoms with Crippen molar-refractivity contribution < 1.29 is 14.4 Å². The Labute approximate surface area is 167 Å². The summed E-state index contributed by atoms with van der Waals surface area (Å²) < 4.78 is 0. The monoisotopic (exact) mass is 385 g/mol. The number of piperidine rings is 1. The molecule has 152 valence electrons. The Morgan fingerprint density at radius 3 is 2.36 bits per heavy atom. The van der Waals surface area contributed by atoms with Gasteiger partial charge < -0.3 is 9.80 Å². The van der Waals surface area contributed by atoms with Gasteiger partial charge in [-0.1, -0.05) is 44.2 Å². The van der Waals surface area contributed by atoms with Crippen molar-refractivity contribution in [3.63, 3.8) is 0 Å². The molecule has 2 aliphatic heterocycles. The predicted octanol–water partition coefficient (Wildman–Crippen LogP) is 2.92. The number of likely N-dealkylation sites (tertiary alicyclic amines) is 1. The number of amides is 4. The molecule has 0 N–H and O–H groups in total. The normalized spacial score (nSPS) is 19.2. The second kappa shape index (κ2) is 8.33. The zero-order valence-electron chi connectivity index (χ0n) is 17.2. The molecule has 6 nitrogen and oxygen atoms in total. The molecule has 0 saturated carbocycles. The predicted molar refractivity (Wildman–Crippen MR) is 108 cm³/mol. The zero-order chi connectivity index (χ0) is 20.3. The van der Waals surface area contributed by atoms with E-state index in [1.807, 2.05) is 23.1 Å². The van der Waals surface area contributed by atoms with E-state index in [1.165, 1.54) is 10.5 Å². The molecule has 0 radical (unpaired) electrons. The first-order chi connectivity index (χ1) is 13.3. The van der Waals surface area contributed by atoms with Gasteiger partial charge in [-0.3, -0.25) is 14.5 Å². The number of aryl methyl sites for hydroxylation is 1. The fraction of sp³-hybridized carbons (Fsp3) is 0.591. The van der Waals surface area contributed by atoms with Crippen LogP contribution in [0.2, 0.25) is 0 Å². The van der Waals surface area contributed by atoms with Gasteiger partial charge in [-0.25, -0.2) is 4.79 Å².